The first kappa shape index (κ1) is 13.9. The minimum atomic E-state index is 0.222. The summed E-state index contributed by atoms with van der Waals surface area (Å²) in [7, 11) is 0. The van der Waals surface area contributed by atoms with Gasteiger partial charge in [-0.15, -0.1) is 0 Å². The van der Waals surface area contributed by atoms with Crippen LogP contribution in [0.25, 0.3) is 22.8 Å². The Labute approximate surface area is 130 Å². The van der Waals surface area contributed by atoms with E-state index in [1.165, 1.54) is 0 Å². The zero-order valence-electron chi connectivity index (χ0n) is 11.0. The van der Waals surface area contributed by atoms with Crippen LogP contribution in [-0.4, -0.2) is 15.2 Å². The maximum Gasteiger partial charge on any atom is 0.258 e. The third-order valence-electron chi connectivity index (χ3n) is 2.99. The molecular weight excluding hydrogens is 311 g/mol. The highest BCUT2D eigenvalue weighted by atomic mass is 35.5. The third-order valence-corrected chi connectivity index (χ3v) is 3.43. The monoisotopic (exact) mass is 320 g/mol. The lowest BCUT2D eigenvalue weighted by Crippen LogP contribution is -1.83. The van der Waals surface area contributed by atoms with Crippen LogP contribution in [0.4, 0.5) is 0 Å². The van der Waals surface area contributed by atoms with Crippen molar-refractivity contribution in [3.63, 3.8) is 0 Å². The van der Waals surface area contributed by atoms with E-state index in [1.807, 2.05) is 0 Å². The van der Waals surface area contributed by atoms with Crippen molar-refractivity contribution in [1.29, 1.82) is 0 Å². The number of nitrogens with zero attached hydrogens (tertiary/aromatic N) is 2. The standard InChI is InChI=1S/C15H10Cl2N2O2/c1-8-4-9(2-3-13(8)20)15-18-14(19-21-15)10-5-11(16)7-12(17)6-10/h2-7,20H,1H3. The Morgan fingerprint density at radius 3 is 2.38 bits per heavy atom. The molecule has 0 spiro atoms. The number of hydrogen-bond acceptors (Lipinski definition) is 4. The number of aryl methyl sites for hydroxylation is 1. The molecule has 0 atom stereocenters. The van der Waals surface area contributed by atoms with Crippen LogP contribution in [0.1, 0.15) is 5.56 Å². The van der Waals surface area contributed by atoms with E-state index in [4.69, 9.17) is 27.7 Å². The molecule has 0 aliphatic carbocycles. The van der Waals surface area contributed by atoms with Gasteiger partial charge in [0.25, 0.3) is 5.89 Å². The van der Waals surface area contributed by atoms with Crippen molar-refractivity contribution in [2.45, 2.75) is 6.92 Å². The number of phenolic OH excluding ortho intramolecular Hbond substituents is 1. The molecule has 0 aliphatic rings. The molecule has 21 heavy (non-hydrogen) atoms. The smallest absolute Gasteiger partial charge is 0.258 e. The van der Waals surface area contributed by atoms with Gasteiger partial charge in [0.1, 0.15) is 5.75 Å². The van der Waals surface area contributed by atoms with E-state index in [9.17, 15) is 5.11 Å². The molecule has 106 valence electrons. The molecule has 0 radical (unpaired) electrons. The Bertz CT molecular complexity index is 795. The molecule has 0 unspecified atom stereocenters. The number of rotatable bonds is 2. The molecule has 0 aliphatic heterocycles. The Kier molecular flexibility index (Phi) is 3.57. The Morgan fingerprint density at radius 1 is 1.00 bits per heavy atom. The number of hydrogen-bond donors (Lipinski definition) is 1. The molecule has 3 rings (SSSR count). The summed E-state index contributed by atoms with van der Waals surface area (Å²) in [5.74, 6) is 0.990. The van der Waals surface area contributed by atoms with Gasteiger partial charge in [-0.1, -0.05) is 28.4 Å². The molecule has 0 amide bonds. The molecule has 0 fully saturated rings. The number of benzene rings is 2. The lowest BCUT2D eigenvalue weighted by atomic mass is 10.1. The van der Waals surface area contributed by atoms with Crippen LogP contribution in [0, 0.1) is 6.92 Å². The van der Waals surface area contributed by atoms with Crippen LogP contribution in [-0.2, 0) is 0 Å². The van der Waals surface area contributed by atoms with Gasteiger partial charge in [-0.25, -0.2) is 0 Å². The summed E-state index contributed by atoms with van der Waals surface area (Å²) in [6, 6.07) is 10.1. The highest BCUT2D eigenvalue weighted by Gasteiger charge is 2.12. The van der Waals surface area contributed by atoms with Gasteiger partial charge < -0.3 is 9.63 Å². The van der Waals surface area contributed by atoms with Gasteiger partial charge in [0.15, 0.2) is 0 Å². The predicted octanol–water partition coefficient (Wildman–Crippen LogP) is 4.72. The van der Waals surface area contributed by atoms with Crippen molar-refractivity contribution >= 4 is 23.2 Å². The third kappa shape index (κ3) is 2.86. The first-order valence-corrected chi connectivity index (χ1v) is 6.89. The van der Waals surface area contributed by atoms with Crippen LogP contribution in [0.15, 0.2) is 40.9 Å². The minimum absolute atomic E-state index is 0.222. The molecule has 6 heteroatoms. The van der Waals surface area contributed by atoms with Gasteiger partial charge in [-0.2, -0.15) is 4.98 Å². The van der Waals surface area contributed by atoms with E-state index in [0.717, 1.165) is 11.1 Å². The zero-order chi connectivity index (χ0) is 15.0. The van der Waals surface area contributed by atoms with Gasteiger partial charge in [-0.05, 0) is 48.9 Å². The fraction of sp³-hybridized carbons (Fsp3) is 0.0667. The maximum absolute atomic E-state index is 9.54. The van der Waals surface area contributed by atoms with E-state index in [-0.39, 0.29) is 5.75 Å². The van der Waals surface area contributed by atoms with E-state index in [1.54, 1.807) is 43.3 Å². The van der Waals surface area contributed by atoms with E-state index >= 15 is 0 Å². The molecule has 0 saturated heterocycles. The normalized spacial score (nSPS) is 10.8. The van der Waals surface area contributed by atoms with Crippen molar-refractivity contribution in [3.8, 4) is 28.6 Å². The van der Waals surface area contributed by atoms with Crippen molar-refractivity contribution in [1.82, 2.24) is 10.1 Å². The average Bonchev–Trinajstić information content (AvgIpc) is 2.90. The lowest BCUT2D eigenvalue weighted by molar-refractivity contribution is 0.432. The Hall–Kier alpha value is -2.04. The molecule has 4 nitrogen and oxygen atoms in total. The Morgan fingerprint density at radius 2 is 1.71 bits per heavy atom. The summed E-state index contributed by atoms with van der Waals surface area (Å²) < 4.78 is 5.25. The van der Waals surface area contributed by atoms with E-state index < -0.39 is 0 Å². The summed E-state index contributed by atoms with van der Waals surface area (Å²) in [5, 5.41) is 14.5. The predicted molar refractivity (Wildman–Crippen MR) is 81.6 cm³/mol. The summed E-state index contributed by atoms with van der Waals surface area (Å²) in [5.41, 5.74) is 2.15. The molecule has 0 bridgehead atoms. The maximum atomic E-state index is 9.54. The molecule has 1 N–H and O–H groups in total. The second-order valence-electron chi connectivity index (χ2n) is 4.58. The fourth-order valence-corrected chi connectivity index (χ4v) is 2.46. The second kappa shape index (κ2) is 5.39. The zero-order valence-corrected chi connectivity index (χ0v) is 12.5. The summed E-state index contributed by atoms with van der Waals surface area (Å²) in [4.78, 5) is 4.33. The van der Waals surface area contributed by atoms with Crippen molar-refractivity contribution < 1.29 is 9.63 Å². The van der Waals surface area contributed by atoms with Crippen LogP contribution in [0.5, 0.6) is 5.75 Å². The van der Waals surface area contributed by atoms with Crippen LogP contribution >= 0.6 is 23.2 Å². The van der Waals surface area contributed by atoms with Crippen LogP contribution < -0.4 is 0 Å². The summed E-state index contributed by atoms with van der Waals surface area (Å²) in [6.45, 7) is 1.80. The van der Waals surface area contributed by atoms with Crippen molar-refractivity contribution in [2.75, 3.05) is 0 Å². The summed E-state index contributed by atoms with van der Waals surface area (Å²) >= 11 is 11.9. The fourth-order valence-electron chi connectivity index (χ4n) is 1.93. The van der Waals surface area contributed by atoms with Crippen molar-refractivity contribution in [2.24, 2.45) is 0 Å². The topological polar surface area (TPSA) is 59.2 Å². The van der Waals surface area contributed by atoms with Crippen LogP contribution in [0.3, 0.4) is 0 Å². The molecule has 1 heterocycles. The molecule has 0 saturated carbocycles. The van der Waals surface area contributed by atoms with Crippen molar-refractivity contribution in [3.05, 3.63) is 52.0 Å². The highest BCUT2D eigenvalue weighted by molar-refractivity contribution is 6.35. The van der Waals surface area contributed by atoms with Gasteiger partial charge in [0, 0.05) is 21.2 Å². The average molecular weight is 321 g/mol. The van der Waals surface area contributed by atoms with Gasteiger partial charge >= 0.3 is 0 Å². The second-order valence-corrected chi connectivity index (χ2v) is 5.46. The molecular formula is C15H10Cl2N2O2. The van der Waals surface area contributed by atoms with Gasteiger partial charge in [-0.3, -0.25) is 0 Å². The quantitative estimate of drug-likeness (QED) is 0.741. The molecule has 1 aromatic heterocycles. The lowest BCUT2D eigenvalue weighted by Gasteiger charge is -1.99. The summed E-state index contributed by atoms with van der Waals surface area (Å²) in [6.07, 6.45) is 0. The Balaban J connectivity index is 2.01. The van der Waals surface area contributed by atoms with E-state index in [2.05, 4.69) is 10.1 Å². The van der Waals surface area contributed by atoms with Gasteiger partial charge in [0.2, 0.25) is 5.82 Å². The number of phenols is 1. The number of aromatic nitrogens is 2. The largest absolute Gasteiger partial charge is 0.508 e. The number of aromatic hydroxyl groups is 1. The SMILES string of the molecule is Cc1cc(-c2nc(-c3cc(Cl)cc(Cl)c3)no2)ccc1O. The number of halogens is 2. The molecule has 3 aromatic rings. The van der Waals surface area contributed by atoms with Gasteiger partial charge in [0.05, 0.1) is 0 Å². The highest BCUT2D eigenvalue weighted by Crippen LogP contribution is 2.28. The van der Waals surface area contributed by atoms with E-state index in [0.29, 0.717) is 27.3 Å². The first-order valence-electron chi connectivity index (χ1n) is 6.13. The minimum Gasteiger partial charge on any atom is -0.508 e. The van der Waals surface area contributed by atoms with Crippen LogP contribution in [0.2, 0.25) is 10.0 Å². The first-order chi connectivity index (χ1) is 10.0. The molecule has 2 aromatic carbocycles.